The lowest BCUT2D eigenvalue weighted by atomic mass is 9.93. The van der Waals surface area contributed by atoms with Gasteiger partial charge in [-0.05, 0) is 98.2 Å². The molecule has 156 valence electrons. The van der Waals surface area contributed by atoms with Crippen LogP contribution in [0.5, 0.6) is 11.5 Å². The Hall–Kier alpha value is -3.32. The molecule has 4 aromatic rings. The summed E-state index contributed by atoms with van der Waals surface area (Å²) in [6.45, 7) is 12.9. The zero-order valence-electron chi connectivity index (χ0n) is 19.3. The van der Waals surface area contributed by atoms with Crippen molar-refractivity contribution in [1.29, 1.82) is 0 Å². The van der Waals surface area contributed by atoms with E-state index in [1.165, 1.54) is 55.6 Å². The van der Waals surface area contributed by atoms with Gasteiger partial charge in [0.05, 0.1) is 0 Å². The van der Waals surface area contributed by atoms with Crippen molar-refractivity contribution in [2.45, 2.75) is 41.5 Å². The van der Waals surface area contributed by atoms with Crippen LogP contribution < -0.4 is 4.74 Å². The van der Waals surface area contributed by atoms with Crippen molar-refractivity contribution < 1.29 is 4.74 Å². The van der Waals surface area contributed by atoms with Gasteiger partial charge in [-0.2, -0.15) is 0 Å². The number of ether oxygens (including phenoxy) is 1. The predicted molar refractivity (Wildman–Crippen MR) is 132 cm³/mol. The van der Waals surface area contributed by atoms with Crippen LogP contribution >= 0.6 is 0 Å². The number of hydrogen-bond donors (Lipinski definition) is 0. The minimum absolute atomic E-state index is 0.909. The summed E-state index contributed by atoms with van der Waals surface area (Å²) in [5, 5.41) is 0. The fraction of sp³-hybridized carbons (Fsp3) is 0.200. The van der Waals surface area contributed by atoms with E-state index in [9.17, 15) is 0 Å². The lowest BCUT2D eigenvalue weighted by Crippen LogP contribution is -1.98. The Morgan fingerprint density at radius 3 is 1.23 bits per heavy atom. The van der Waals surface area contributed by atoms with Crippen molar-refractivity contribution in [3.8, 4) is 33.8 Å². The molecule has 0 fully saturated rings. The van der Waals surface area contributed by atoms with Gasteiger partial charge >= 0.3 is 0 Å². The van der Waals surface area contributed by atoms with Crippen LogP contribution in [0, 0.1) is 41.5 Å². The summed E-state index contributed by atoms with van der Waals surface area (Å²) in [4.78, 5) is 0. The predicted octanol–water partition coefficient (Wildman–Crippen LogP) is 8.66. The summed E-state index contributed by atoms with van der Waals surface area (Å²) in [7, 11) is 0. The number of benzene rings is 4. The molecule has 31 heavy (non-hydrogen) atoms. The summed E-state index contributed by atoms with van der Waals surface area (Å²) >= 11 is 0. The summed E-state index contributed by atoms with van der Waals surface area (Å²) in [5.74, 6) is 1.82. The average molecular weight is 407 g/mol. The molecule has 1 heteroatoms. The summed E-state index contributed by atoms with van der Waals surface area (Å²) < 4.78 is 6.78. The molecule has 0 N–H and O–H groups in total. The molecule has 0 saturated heterocycles. The van der Waals surface area contributed by atoms with Gasteiger partial charge in [-0.25, -0.2) is 0 Å². The van der Waals surface area contributed by atoms with Crippen molar-refractivity contribution in [2.24, 2.45) is 0 Å². The molecular weight excluding hydrogens is 376 g/mol. The van der Waals surface area contributed by atoms with Crippen LogP contribution in [0.15, 0.2) is 72.8 Å². The second kappa shape index (κ2) is 8.43. The first-order valence-corrected chi connectivity index (χ1v) is 10.9. The van der Waals surface area contributed by atoms with Crippen LogP contribution in [0.4, 0.5) is 0 Å². The van der Waals surface area contributed by atoms with Gasteiger partial charge in [0.25, 0.3) is 0 Å². The third-order valence-corrected chi connectivity index (χ3v) is 5.94. The second-order valence-corrected chi connectivity index (χ2v) is 8.64. The van der Waals surface area contributed by atoms with Crippen LogP contribution in [0.1, 0.15) is 33.4 Å². The Balaban J connectivity index is 1.94. The third kappa shape index (κ3) is 4.14. The van der Waals surface area contributed by atoms with Gasteiger partial charge in [0, 0.05) is 11.1 Å². The molecule has 0 heterocycles. The maximum Gasteiger partial charge on any atom is 0.135 e. The molecule has 0 saturated carbocycles. The maximum atomic E-state index is 6.78. The van der Waals surface area contributed by atoms with E-state index >= 15 is 0 Å². The van der Waals surface area contributed by atoms with E-state index < -0.39 is 0 Å². The Morgan fingerprint density at radius 2 is 0.839 bits per heavy atom. The van der Waals surface area contributed by atoms with E-state index in [4.69, 9.17) is 4.74 Å². The summed E-state index contributed by atoms with van der Waals surface area (Å²) in [6.07, 6.45) is 0. The van der Waals surface area contributed by atoms with E-state index in [-0.39, 0.29) is 0 Å². The molecule has 0 aromatic heterocycles. The van der Waals surface area contributed by atoms with Gasteiger partial charge in [-0.1, -0.05) is 60.7 Å². The highest BCUT2D eigenvalue weighted by Gasteiger charge is 2.18. The van der Waals surface area contributed by atoms with Gasteiger partial charge in [0.15, 0.2) is 0 Å². The van der Waals surface area contributed by atoms with Gasteiger partial charge in [0.1, 0.15) is 11.5 Å². The highest BCUT2D eigenvalue weighted by atomic mass is 16.5. The van der Waals surface area contributed by atoms with Crippen molar-refractivity contribution in [3.63, 3.8) is 0 Å². The Labute approximate surface area is 186 Å². The van der Waals surface area contributed by atoms with E-state index in [1.54, 1.807) is 0 Å². The molecule has 0 unspecified atom stereocenters. The van der Waals surface area contributed by atoms with Crippen LogP contribution in [-0.2, 0) is 0 Å². The Kier molecular flexibility index (Phi) is 5.69. The highest BCUT2D eigenvalue weighted by Crippen LogP contribution is 2.43. The van der Waals surface area contributed by atoms with E-state index in [0.717, 1.165) is 11.5 Å². The molecular formula is C30H30O. The fourth-order valence-corrected chi connectivity index (χ4v) is 4.53. The second-order valence-electron chi connectivity index (χ2n) is 8.64. The zero-order valence-corrected chi connectivity index (χ0v) is 19.3. The van der Waals surface area contributed by atoms with Crippen LogP contribution in [0.3, 0.4) is 0 Å². The molecule has 4 rings (SSSR count). The van der Waals surface area contributed by atoms with Crippen molar-refractivity contribution in [3.05, 3.63) is 106 Å². The van der Waals surface area contributed by atoms with Crippen molar-refractivity contribution in [2.75, 3.05) is 0 Å². The molecule has 0 aliphatic heterocycles. The number of rotatable bonds is 4. The lowest BCUT2D eigenvalue weighted by molar-refractivity contribution is 0.484. The van der Waals surface area contributed by atoms with Gasteiger partial charge in [0.2, 0.25) is 0 Å². The smallest absolute Gasteiger partial charge is 0.135 e. The molecule has 0 spiro atoms. The Bertz CT molecular complexity index is 1160. The summed E-state index contributed by atoms with van der Waals surface area (Å²) in [6, 6.07) is 25.8. The highest BCUT2D eigenvalue weighted by molar-refractivity contribution is 5.80. The van der Waals surface area contributed by atoms with Gasteiger partial charge in [-0.3, -0.25) is 0 Å². The molecule has 0 aliphatic carbocycles. The quantitative estimate of drug-likeness (QED) is 0.329. The largest absolute Gasteiger partial charge is 0.456 e. The van der Waals surface area contributed by atoms with Crippen LogP contribution in [0.25, 0.3) is 22.3 Å². The molecule has 0 radical (unpaired) electrons. The first-order chi connectivity index (χ1) is 14.8. The van der Waals surface area contributed by atoms with E-state index in [2.05, 4.69) is 114 Å². The standard InChI is InChI=1S/C30H30O/c1-19-15-23(5)29(25-13-9-7-11-21(25)3)27(17-19)31-28-18-20(2)16-24(6)30(28)26-14-10-8-12-22(26)4/h7-18H,1-6H3. The molecule has 0 aliphatic rings. The van der Waals surface area contributed by atoms with Crippen molar-refractivity contribution in [1.82, 2.24) is 0 Å². The summed E-state index contributed by atoms with van der Waals surface area (Å²) in [5.41, 5.74) is 12.1. The molecule has 0 bridgehead atoms. The third-order valence-electron chi connectivity index (χ3n) is 5.94. The molecule has 4 aromatic carbocycles. The SMILES string of the molecule is Cc1cc(C)c(-c2ccccc2C)c(Oc2cc(C)cc(C)c2-c2ccccc2C)c1. The molecule has 0 amide bonds. The topological polar surface area (TPSA) is 9.23 Å². The monoisotopic (exact) mass is 406 g/mol. The fourth-order valence-electron chi connectivity index (χ4n) is 4.53. The maximum absolute atomic E-state index is 6.78. The average Bonchev–Trinajstić information content (AvgIpc) is 2.69. The number of hydrogen-bond acceptors (Lipinski definition) is 1. The van der Waals surface area contributed by atoms with Crippen LogP contribution in [0.2, 0.25) is 0 Å². The van der Waals surface area contributed by atoms with E-state index in [1.807, 2.05) is 0 Å². The normalized spacial score (nSPS) is 10.9. The zero-order chi connectivity index (χ0) is 22.1. The molecule has 0 atom stereocenters. The number of aryl methyl sites for hydroxylation is 6. The van der Waals surface area contributed by atoms with Crippen LogP contribution in [-0.4, -0.2) is 0 Å². The van der Waals surface area contributed by atoms with Gasteiger partial charge < -0.3 is 4.74 Å². The Morgan fingerprint density at radius 1 is 0.452 bits per heavy atom. The lowest BCUT2D eigenvalue weighted by Gasteiger charge is -2.20. The van der Waals surface area contributed by atoms with Crippen molar-refractivity contribution >= 4 is 0 Å². The minimum atomic E-state index is 0.909. The van der Waals surface area contributed by atoms with E-state index in [0.29, 0.717) is 0 Å². The first-order valence-electron chi connectivity index (χ1n) is 10.9. The molecule has 1 nitrogen and oxygen atoms in total. The van der Waals surface area contributed by atoms with Gasteiger partial charge in [-0.15, -0.1) is 0 Å². The first kappa shape index (κ1) is 20.9. The minimum Gasteiger partial charge on any atom is -0.456 e.